The number of amidine groups is 1. The van der Waals surface area contributed by atoms with Crippen LogP contribution in [-0.4, -0.2) is 11.7 Å². The summed E-state index contributed by atoms with van der Waals surface area (Å²) in [5.41, 5.74) is 7.39. The molecule has 0 saturated carbocycles. The molecule has 42 heavy (non-hydrogen) atoms. The normalized spacial score (nSPS) is 11.3. The molecule has 0 aliphatic carbocycles. The highest BCUT2D eigenvalue weighted by molar-refractivity contribution is 5.92. The minimum atomic E-state index is 0.0905. The summed E-state index contributed by atoms with van der Waals surface area (Å²) in [6, 6.07) is 7.82. The van der Waals surface area contributed by atoms with Gasteiger partial charge in [-0.1, -0.05) is 180 Å². The number of anilines is 1. The zero-order valence-electron chi connectivity index (χ0n) is 28.0. The van der Waals surface area contributed by atoms with Crippen molar-refractivity contribution >= 4 is 17.4 Å². The Morgan fingerprint density at radius 2 is 1.02 bits per heavy atom. The Morgan fingerprint density at radius 1 is 0.643 bits per heavy atom. The number of nitrogens with one attached hydrogen (secondary N) is 2. The standard InChI is InChI=1S/C38H69N3O/c1-3-5-7-9-11-13-15-17-19-21-23-25-29-35(30-26-24-22-20-18-16-14-12-10-8-6-4-2)38(42)41-36-31-27-28-34(32-36)33-37(39)40/h27-28,31-32,35H,3-26,29-30,33H2,1-2H3,(H3,39,40)(H,41,42). The molecule has 0 bridgehead atoms. The fourth-order valence-electron chi connectivity index (χ4n) is 6.09. The van der Waals surface area contributed by atoms with E-state index in [9.17, 15) is 4.79 Å². The molecule has 1 rings (SSSR count). The quantitative estimate of drug-likeness (QED) is 0.0478. The van der Waals surface area contributed by atoms with E-state index < -0.39 is 0 Å². The van der Waals surface area contributed by atoms with E-state index >= 15 is 0 Å². The topological polar surface area (TPSA) is 79.0 Å². The Morgan fingerprint density at radius 3 is 1.40 bits per heavy atom. The third-order valence-electron chi connectivity index (χ3n) is 8.77. The van der Waals surface area contributed by atoms with Crippen LogP contribution in [0.1, 0.15) is 186 Å². The van der Waals surface area contributed by atoms with Crippen molar-refractivity contribution in [1.82, 2.24) is 0 Å². The number of carbonyl (C=O) groups excluding carboxylic acids is 1. The van der Waals surface area contributed by atoms with Gasteiger partial charge in [0.1, 0.15) is 0 Å². The van der Waals surface area contributed by atoms with Gasteiger partial charge in [-0.2, -0.15) is 0 Å². The smallest absolute Gasteiger partial charge is 0.227 e. The van der Waals surface area contributed by atoms with Crippen molar-refractivity contribution in [2.24, 2.45) is 11.7 Å². The molecule has 0 radical (unpaired) electrons. The Bertz CT molecular complexity index is 749. The van der Waals surface area contributed by atoms with Crippen molar-refractivity contribution in [3.05, 3.63) is 29.8 Å². The largest absolute Gasteiger partial charge is 0.387 e. The van der Waals surface area contributed by atoms with E-state index in [1.165, 1.54) is 141 Å². The summed E-state index contributed by atoms with van der Waals surface area (Å²) >= 11 is 0. The minimum absolute atomic E-state index is 0.0905. The molecule has 0 heterocycles. The van der Waals surface area contributed by atoms with Crippen LogP contribution in [0.3, 0.4) is 0 Å². The molecular weight excluding hydrogens is 514 g/mol. The predicted molar refractivity (Wildman–Crippen MR) is 186 cm³/mol. The van der Waals surface area contributed by atoms with Gasteiger partial charge in [0.05, 0.1) is 5.84 Å². The predicted octanol–water partition coefficient (Wildman–Crippen LogP) is 11.9. The maximum atomic E-state index is 13.3. The molecule has 0 aliphatic heterocycles. The van der Waals surface area contributed by atoms with Gasteiger partial charge in [0.15, 0.2) is 0 Å². The lowest BCUT2D eigenvalue weighted by atomic mass is 9.93. The molecule has 0 saturated heterocycles. The summed E-state index contributed by atoms with van der Waals surface area (Å²) in [6.07, 6.45) is 34.7. The van der Waals surface area contributed by atoms with Crippen molar-refractivity contribution in [3.63, 3.8) is 0 Å². The van der Waals surface area contributed by atoms with E-state index in [0.29, 0.717) is 6.42 Å². The van der Waals surface area contributed by atoms with E-state index in [4.69, 9.17) is 11.1 Å². The number of rotatable bonds is 30. The van der Waals surface area contributed by atoms with Crippen LogP contribution >= 0.6 is 0 Å². The first-order valence-corrected chi connectivity index (χ1v) is 18.3. The van der Waals surface area contributed by atoms with Crippen molar-refractivity contribution in [3.8, 4) is 0 Å². The highest BCUT2D eigenvalue weighted by Gasteiger charge is 2.18. The monoisotopic (exact) mass is 584 g/mol. The fraction of sp³-hybridized carbons (Fsp3) is 0.789. The molecule has 0 spiro atoms. The van der Waals surface area contributed by atoms with Crippen molar-refractivity contribution in [2.45, 2.75) is 187 Å². The van der Waals surface area contributed by atoms with Gasteiger partial charge < -0.3 is 11.1 Å². The summed E-state index contributed by atoms with van der Waals surface area (Å²) < 4.78 is 0. The van der Waals surface area contributed by atoms with Gasteiger partial charge in [0.2, 0.25) is 5.91 Å². The van der Waals surface area contributed by atoms with E-state index in [1.54, 1.807) is 0 Å². The Labute approximate surface area is 261 Å². The molecule has 242 valence electrons. The first-order valence-electron chi connectivity index (χ1n) is 18.3. The van der Waals surface area contributed by atoms with Gasteiger partial charge in [-0.3, -0.25) is 10.2 Å². The number of amides is 1. The summed E-state index contributed by atoms with van der Waals surface area (Å²) in [5, 5.41) is 10.8. The summed E-state index contributed by atoms with van der Waals surface area (Å²) in [6.45, 7) is 4.56. The number of benzene rings is 1. The Kier molecular flexibility index (Phi) is 25.4. The van der Waals surface area contributed by atoms with Crippen molar-refractivity contribution in [2.75, 3.05) is 5.32 Å². The first kappa shape index (κ1) is 38.2. The number of nitrogens with two attached hydrogens (primary N) is 1. The van der Waals surface area contributed by atoms with Gasteiger partial charge >= 0.3 is 0 Å². The van der Waals surface area contributed by atoms with Gasteiger partial charge in [-0.05, 0) is 30.5 Å². The lowest BCUT2D eigenvalue weighted by Gasteiger charge is -2.17. The molecule has 4 N–H and O–H groups in total. The molecule has 1 aromatic carbocycles. The van der Waals surface area contributed by atoms with Crippen LogP contribution in [0.5, 0.6) is 0 Å². The van der Waals surface area contributed by atoms with Gasteiger partial charge in [-0.15, -0.1) is 0 Å². The molecule has 4 nitrogen and oxygen atoms in total. The molecular formula is C38H69N3O. The molecule has 1 aromatic rings. The number of hydrogen-bond donors (Lipinski definition) is 3. The van der Waals surface area contributed by atoms with Crippen LogP contribution in [0.2, 0.25) is 0 Å². The van der Waals surface area contributed by atoms with Crippen LogP contribution in [0.15, 0.2) is 24.3 Å². The molecule has 4 heteroatoms. The third kappa shape index (κ3) is 22.7. The summed E-state index contributed by atoms with van der Waals surface area (Å²) in [4.78, 5) is 13.3. The average Bonchev–Trinajstić information content (AvgIpc) is 2.97. The first-order chi connectivity index (χ1) is 20.6. The van der Waals surface area contributed by atoms with Gasteiger partial charge in [0.25, 0.3) is 0 Å². The minimum Gasteiger partial charge on any atom is -0.387 e. The van der Waals surface area contributed by atoms with Crippen LogP contribution in [-0.2, 0) is 11.2 Å². The fourth-order valence-corrected chi connectivity index (χ4v) is 6.09. The molecule has 1 amide bonds. The highest BCUT2D eigenvalue weighted by atomic mass is 16.1. The van der Waals surface area contributed by atoms with E-state index in [2.05, 4.69) is 19.2 Å². The van der Waals surface area contributed by atoms with Crippen LogP contribution in [0.4, 0.5) is 5.69 Å². The second kappa shape index (κ2) is 28.0. The third-order valence-corrected chi connectivity index (χ3v) is 8.77. The molecule has 0 fully saturated rings. The Hall–Kier alpha value is -1.84. The summed E-state index contributed by atoms with van der Waals surface area (Å²) in [7, 11) is 0. The lowest BCUT2D eigenvalue weighted by molar-refractivity contribution is -0.120. The van der Waals surface area contributed by atoms with E-state index in [-0.39, 0.29) is 17.7 Å². The molecule has 0 unspecified atom stereocenters. The second-order valence-corrected chi connectivity index (χ2v) is 12.9. The van der Waals surface area contributed by atoms with Gasteiger partial charge in [0, 0.05) is 18.0 Å². The highest BCUT2D eigenvalue weighted by Crippen LogP contribution is 2.22. The molecule has 0 atom stereocenters. The maximum absolute atomic E-state index is 13.3. The molecule has 0 aromatic heterocycles. The van der Waals surface area contributed by atoms with Crippen LogP contribution in [0, 0.1) is 11.3 Å². The Balaban J connectivity index is 2.34. The second-order valence-electron chi connectivity index (χ2n) is 12.9. The zero-order valence-corrected chi connectivity index (χ0v) is 28.0. The number of unbranched alkanes of at least 4 members (excludes halogenated alkanes) is 22. The van der Waals surface area contributed by atoms with E-state index in [0.717, 1.165) is 36.9 Å². The van der Waals surface area contributed by atoms with Crippen molar-refractivity contribution < 1.29 is 4.79 Å². The number of carbonyl (C=O) groups is 1. The maximum Gasteiger partial charge on any atom is 0.227 e. The lowest BCUT2D eigenvalue weighted by Crippen LogP contribution is -2.23. The molecule has 0 aliphatic rings. The zero-order chi connectivity index (χ0) is 30.5. The van der Waals surface area contributed by atoms with Crippen molar-refractivity contribution in [1.29, 1.82) is 5.41 Å². The van der Waals surface area contributed by atoms with Crippen LogP contribution in [0.25, 0.3) is 0 Å². The SMILES string of the molecule is CCCCCCCCCCCCCCC(CCCCCCCCCCCCCC)C(=O)Nc1cccc(CC(=N)N)c1. The summed E-state index contributed by atoms with van der Waals surface area (Å²) in [5.74, 6) is 0.407. The van der Waals surface area contributed by atoms with Gasteiger partial charge in [-0.25, -0.2) is 0 Å². The van der Waals surface area contributed by atoms with E-state index in [1.807, 2.05) is 24.3 Å². The van der Waals surface area contributed by atoms with Crippen LogP contribution < -0.4 is 11.1 Å². The average molecular weight is 584 g/mol. The number of hydrogen-bond acceptors (Lipinski definition) is 2.